The molecule has 0 aromatic heterocycles. The van der Waals surface area contributed by atoms with Gasteiger partial charge in [0, 0.05) is 18.7 Å². The zero-order chi connectivity index (χ0) is 11.3. The van der Waals surface area contributed by atoms with Crippen molar-refractivity contribution in [1.29, 1.82) is 0 Å². The molecule has 0 heterocycles. The Morgan fingerprint density at radius 1 is 1.47 bits per heavy atom. The third-order valence-corrected chi connectivity index (χ3v) is 2.53. The minimum atomic E-state index is -0.0903. The van der Waals surface area contributed by atoms with E-state index in [-0.39, 0.29) is 11.8 Å². The van der Waals surface area contributed by atoms with Crippen LogP contribution in [0, 0.1) is 0 Å². The lowest BCUT2D eigenvalue weighted by molar-refractivity contribution is 0.202. The van der Waals surface area contributed by atoms with Crippen LogP contribution in [0.25, 0.3) is 0 Å². The Morgan fingerprint density at radius 2 is 2.20 bits per heavy atom. The zero-order valence-corrected chi connectivity index (χ0v) is 9.36. The number of phenols is 1. The lowest BCUT2D eigenvalue weighted by atomic mass is 10.0. The van der Waals surface area contributed by atoms with Gasteiger partial charge in [-0.25, -0.2) is 0 Å². The third-order valence-electron chi connectivity index (χ3n) is 2.53. The first-order valence-corrected chi connectivity index (χ1v) is 5.25. The molecule has 0 aliphatic heterocycles. The number of nitrogens with two attached hydrogens (primary N) is 1. The summed E-state index contributed by atoms with van der Waals surface area (Å²) in [5.41, 5.74) is 7.87. The molecule has 0 radical (unpaired) electrons. The number of aromatic hydroxyl groups is 1. The molecule has 3 N–H and O–H groups in total. The van der Waals surface area contributed by atoms with Crippen LogP contribution in [0.3, 0.4) is 0 Å². The molecule has 0 fully saturated rings. The second-order valence-corrected chi connectivity index (χ2v) is 3.65. The fraction of sp³-hybridized carbons (Fsp3) is 0.500. The molecule has 0 saturated heterocycles. The number of benzene rings is 1. The van der Waals surface area contributed by atoms with Crippen LogP contribution in [0.2, 0.25) is 0 Å². The van der Waals surface area contributed by atoms with Crippen LogP contribution < -0.4 is 5.73 Å². The van der Waals surface area contributed by atoms with Crippen LogP contribution >= 0.6 is 0 Å². The Balaban J connectivity index is 2.84. The standard InChI is InChI=1S/C12H19NO2/c1-3-11(13)10-8-9(6-7-15-2)4-5-12(10)14/h4-5,8,11,14H,3,6-7,13H2,1-2H3. The Labute approximate surface area is 90.9 Å². The highest BCUT2D eigenvalue weighted by Crippen LogP contribution is 2.25. The molecular weight excluding hydrogens is 190 g/mol. The first kappa shape index (κ1) is 12.0. The van der Waals surface area contributed by atoms with Gasteiger partial charge in [0.15, 0.2) is 0 Å². The quantitative estimate of drug-likeness (QED) is 0.779. The fourth-order valence-corrected chi connectivity index (χ4v) is 1.50. The van der Waals surface area contributed by atoms with Crippen molar-refractivity contribution in [3.63, 3.8) is 0 Å². The molecule has 3 heteroatoms. The van der Waals surface area contributed by atoms with Gasteiger partial charge in [0.05, 0.1) is 6.61 Å². The number of ether oxygens (including phenoxy) is 1. The zero-order valence-electron chi connectivity index (χ0n) is 9.36. The molecule has 0 aliphatic rings. The van der Waals surface area contributed by atoms with Crippen LogP contribution in [-0.2, 0) is 11.2 Å². The van der Waals surface area contributed by atoms with Crippen LogP contribution in [0.4, 0.5) is 0 Å². The number of hydrogen-bond donors (Lipinski definition) is 2. The van der Waals surface area contributed by atoms with Crippen molar-refractivity contribution in [3.05, 3.63) is 29.3 Å². The van der Waals surface area contributed by atoms with Crippen molar-refractivity contribution in [3.8, 4) is 5.75 Å². The van der Waals surface area contributed by atoms with Crippen LogP contribution in [0.15, 0.2) is 18.2 Å². The van der Waals surface area contributed by atoms with Gasteiger partial charge >= 0.3 is 0 Å². The minimum Gasteiger partial charge on any atom is -0.508 e. The molecule has 0 spiro atoms. The van der Waals surface area contributed by atoms with E-state index in [0.717, 1.165) is 24.0 Å². The van der Waals surface area contributed by atoms with E-state index in [1.54, 1.807) is 13.2 Å². The maximum Gasteiger partial charge on any atom is 0.120 e. The summed E-state index contributed by atoms with van der Waals surface area (Å²) in [6.07, 6.45) is 1.67. The largest absolute Gasteiger partial charge is 0.508 e. The number of methoxy groups -OCH3 is 1. The van der Waals surface area contributed by atoms with Gasteiger partial charge in [-0.05, 0) is 24.5 Å². The number of phenolic OH excluding ortho intramolecular Hbond substituents is 1. The van der Waals surface area contributed by atoms with Crippen molar-refractivity contribution in [2.24, 2.45) is 5.73 Å². The topological polar surface area (TPSA) is 55.5 Å². The summed E-state index contributed by atoms with van der Waals surface area (Å²) in [6.45, 7) is 2.69. The summed E-state index contributed by atoms with van der Waals surface area (Å²) in [4.78, 5) is 0. The summed E-state index contributed by atoms with van der Waals surface area (Å²) >= 11 is 0. The predicted molar refractivity (Wildman–Crippen MR) is 60.9 cm³/mol. The molecule has 1 aromatic rings. The van der Waals surface area contributed by atoms with E-state index in [9.17, 15) is 5.11 Å². The van der Waals surface area contributed by atoms with Gasteiger partial charge in [-0.15, -0.1) is 0 Å². The number of hydrogen-bond acceptors (Lipinski definition) is 3. The monoisotopic (exact) mass is 209 g/mol. The van der Waals surface area contributed by atoms with Crippen LogP contribution in [-0.4, -0.2) is 18.8 Å². The van der Waals surface area contributed by atoms with Crippen molar-refractivity contribution in [1.82, 2.24) is 0 Å². The summed E-state index contributed by atoms with van der Waals surface area (Å²) in [5.74, 6) is 0.283. The normalized spacial score (nSPS) is 12.7. The van der Waals surface area contributed by atoms with Crippen molar-refractivity contribution >= 4 is 0 Å². The lowest BCUT2D eigenvalue weighted by Crippen LogP contribution is -2.09. The molecule has 0 amide bonds. The number of rotatable bonds is 5. The predicted octanol–water partition coefficient (Wildman–Crippen LogP) is 1.99. The van der Waals surface area contributed by atoms with Crippen LogP contribution in [0.5, 0.6) is 5.75 Å². The molecule has 1 rings (SSSR count). The summed E-state index contributed by atoms with van der Waals surface area (Å²) in [6, 6.07) is 5.48. The summed E-state index contributed by atoms with van der Waals surface area (Å²) < 4.78 is 5.01. The minimum absolute atomic E-state index is 0.0903. The fourth-order valence-electron chi connectivity index (χ4n) is 1.50. The van der Waals surface area contributed by atoms with E-state index < -0.39 is 0 Å². The summed E-state index contributed by atoms with van der Waals surface area (Å²) in [5, 5.41) is 9.65. The highest BCUT2D eigenvalue weighted by Gasteiger charge is 2.09. The average Bonchev–Trinajstić information content (AvgIpc) is 2.27. The second-order valence-electron chi connectivity index (χ2n) is 3.65. The average molecular weight is 209 g/mol. The van der Waals surface area contributed by atoms with Crippen molar-refractivity contribution < 1.29 is 9.84 Å². The van der Waals surface area contributed by atoms with Gasteiger partial charge in [-0.1, -0.05) is 19.1 Å². The third kappa shape index (κ3) is 3.22. The SMILES string of the molecule is CCC(N)c1cc(CCOC)ccc1O. The molecule has 1 aromatic carbocycles. The molecule has 1 unspecified atom stereocenters. The van der Waals surface area contributed by atoms with Crippen LogP contribution in [0.1, 0.15) is 30.5 Å². The molecule has 0 aliphatic carbocycles. The van der Waals surface area contributed by atoms with Gasteiger partial charge in [-0.3, -0.25) is 0 Å². The molecule has 1 atom stereocenters. The molecule has 3 nitrogen and oxygen atoms in total. The van der Waals surface area contributed by atoms with E-state index in [0.29, 0.717) is 6.61 Å². The lowest BCUT2D eigenvalue weighted by Gasteiger charge is -2.13. The molecule has 84 valence electrons. The first-order chi connectivity index (χ1) is 7.19. The highest BCUT2D eigenvalue weighted by atomic mass is 16.5. The maximum atomic E-state index is 9.65. The van der Waals surface area contributed by atoms with Gasteiger partial charge in [0.1, 0.15) is 5.75 Å². The second kappa shape index (κ2) is 5.73. The Hall–Kier alpha value is -1.06. The maximum absolute atomic E-state index is 9.65. The van der Waals surface area contributed by atoms with Gasteiger partial charge < -0.3 is 15.6 Å². The molecular formula is C12H19NO2. The highest BCUT2D eigenvalue weighted by molar-refractivity contribution is 5.38. The van der Waals surface area contributed by atoms with Crippen molar-refractivity contribution in [2.45, 2.75) is 25.8 Å². The molecule has 15 heavy (non-hydrogen) atoms. The molecule has 0 saturated carbocycles. The Bertz CT molecular complexity index is 312. The molecule has 0 bridgehead atoms. The first-order valence-electron chi connectivity index (χ1n) is 5.25. The van der Waals surface area contributed by atoms with E-state index in [4.69, 9.17) is 10.5 Å². The summed E-state index contributed by atoms with van der Waals surface area (Å²) in [7, 11) is 1.68. The van der Waals surface area contributed by atoms with E-state index in [1.807, 2.05) is 19.1 Å². The smallest absolute Gasteiger partial charge is 0.120 e. The van der Waals surface area contributed by atoms with Gasteiger partial charge in [0.2, 0.25) is 0 Å². The van der Waals surface area contributed by atoms with Crippen molar-refractivity contribution in [2.75, 3.05) is 13.7 Å². The Morgan fingerprint density at radius 3 is 2.80 bits per heavy atom. The Kier molecular flexibility index (Phi) is 4.59. The van der Waals surface area contributed by atoms with Gasteiger partial charge in [-0.2, -0.15) is 0 Å². The van der Waals surface area contributed by atoms with E-state index in [2.05, 4.69) is 0 Å². The van der Waals surface area contributed by atoms with E-state index >= 15 is 0 Å². The van der Waals surface area contributed by atoms with E-state index in [1.165, 1.54) is 0 Å². The van der Waals surface area contributed by atoms with Gasteiger partial charge in [0.25, 0.3) is 0 Å².